The normalized spacial score (nSPS) is 15.5. The number of nitrogens with one attached hydrogen (secondary N) is 1. The Kier molecular flexibility index (Phi) is 7.25. The number of benzene rings is 1. The lowest BCUT2D eigenvalue weighted by Crippen LogP contribution is -2.45. The SMILES string of the molecule is CC(C)(C)[S@@](=O)N[C@@H](COCc1ccccc1)C(O)c1ccccn1. The highest BCUT2D eigenvalue weighted by Gasteiger charge is 2.28. The van der Waals surface area contributed by atoms with Gasteiger partial charge in [0.1, 0.15) is 6.10 Å². The van der Waals surface area contributed by atoms with E-state index in [1.165, 1.54) is 0 Å². The first-order valence-electron chi connectivity index (χ1n) is 8.26. The third-order valence-corrected chi connectivity index (χ3v) is 5.22. The summed E-state index contributed by atoms with van der Waals surface area (Å²) in [4.78, 5) is 4.19. The maximum Gasteiger partial charge on any atom is 0.114 e. The zero-order valence-electron chi connectivity index (χ0n) is 14.9. The van der Waals surface area contributed by atoms with Crippen molar-refractivity contribution in [3.63, 3.8) is 0 Å². The lowest BCUT2D eigenvalue weighted by Gasteiger charge is -2.27. The Morgan fingerprint density at radius 3 is 2.44 bits per heavy atom. The van der Waals surface area contributed by atoms with Gasteiger partial charge in [0.15, 0.2) is 0 Å². The van der Waals surface area contributed by atoms with Gasteiger partial charge in [0, 0.05) is 6.20 Å². The predicted molar refractivity (Wildman–Crippen MR) is 100 cm³/mol. The molecular formula is C19H26N2O3S. The zero-order valence-corrected chi connectivity index (χ0v) is 15.7. The summed E-state index contributed by atoms with van der Waals surface area (Å²) in [6.45, 7) is 6.28. The second-order valence-corrected chi connectivity index (χ2v) is 8.80. The fraction of sp³-hybridized carbons (Fsp3) is 0.421. The largest absolute Gasteiger partial charge is 0.385 e. The summed E-state index contributed by atoms with van der Waals surface area (Å²) in [6.07, 6.45) is 0.713. The highest BCUT2D eigenvalue weighted by atomic mass is 32.2. The summed E-state index contributed by atoms with van der Waals surface area (Å²) < 4.78 is 20.8. The molecule has 0 saturated carbocycles. The smallest absolute Gasteiger partial charge is 0.114 e. The molecule has 25 heavy (non-hydrogen) atoms. The van der Waals surface area contributed by atoms with Gasteiger partial charge < -0.3 is 9.84 Å². The van der Waals surface area contributed by atoms with E-state index in [0.29, 0.717) is 12.3 Å². The molecule has 1 aromatic heterocycles. The van der Waals surface area contributed by atoms with Gasteiger partial charge >= 0.3 is 0 Å². The van der Waals surface area contributed by atoms with Crippen molar-refractivity contribution in [3.05, 3.63) is 66.0 Å². The molecule has 2 rings (SSSR count). The predicted octanol–water partition coefficient (Wildman–Crippen LogP) is 2.75. The maximum absolute atomic E-state index is 12.5. The van der Waals surface area contributed by atoms with Crippen LogP contribution in [0.1, 0.15) is 38.1 Å². The maximum atomic E-state index is 12.5. The molecule has 0 amide bonds. The molecule has 1 heterocycles. The molecule has 0 radical (unpaired) electrons. The molecule has 2 aromatic rings. The van der Waals surface area contributed by atoms with Crippen molar-refractivity contribution in [2.24, 2.45) is 0 Å². The Balaban J connectivity index is 2.04. The van der Waals surface area contributed by atoms with Gasteiger partial charge in [0.25, 0.3) is 0 Å². The van der Waals surface area contributed by atoms with Gasteiger partial charge in [0.05, 0.1) is 40.7 Å². The van der Waals surface area contributed by atoms with Crippen LogP contribution < -0.4 is 4.72 Å². The van der Waals surface area contributed by atoms with Crippen molar-refractivity contribution in [2.45, 2.75) is 44.3 Å². The third-order valence-electron chi connectivity index (χ3n) is 3.60. The molecule has 6 heteroatoms. The lowest BCUT2D eigenvalue weighted by molar-refractivity contribution is 0.0473. The Bertz CT molecular complexity index is 659. The number of aliphatic hydroxyl groups excluding tert-OH is 1. The molecule has 0 spiro atoms. The Hall–Kier alpha value is -1.60. The van der Waals surface area contributed by atoms with Crippen LogP contribution in [0.25, 0.3) is 0 Å². The van der Waals surface area contributed by atoms with Gasteiger partial charge in [-0.1, -0.05) is 36.4 Å². The highest BCUT2D eigenvalue weighted by molar-refractivity contribution is 7.84. The van der Waals surface area contributed by atoms with Gasteiger partial charge in [-0.15, -0.1) is 0 Å². The van der Waals surface area contributed by atoms with E-state index in [9.17, 15) is 9.32 Å². The first kappa shape index (κ1) is 19.7. The van der Waals surface area contributed by atoms with Crippen LogP contribution in [0.15, 0.2) is 54.7 Å². The fourth-order valence-corrected chi connectivity index (χ4v) is 2.96. The lowest BCUT2D eigenvalue weighted by atomic mass is 10.1. The van der Waals surface area contributed by atoms with E-state index in [1.54, 1.807) is 18.3 Å². The van der Waals surface area contributed by atoms with E-state index in [4.69, 9.17) is 4.74 Å². The summed E-state index contributed by atoms with van der Waals surface area (Å²) >= 11 is 0. The first-order chi connectivity index (χ1) is 11.9. The van der Waals surface area contributed by atoms with Crippen LogP contribution in [-0.2, 0) is 22.3 Å². The number of nitrogens with zero attached hydrogens (tertiary/aromatic N) is 1. The molecule has 1 aromatic carbocycles. The van der Waals surface area contributed by atoms with Crippen LogP contribution >= 0.6 is 0 Å². The Morgan fingerprint density at radius 1 is 1.16 bits per heavy atom. The summed E-state index contributed by atoms with van der Waals surface area (Å²) in [5.74, 6) is 0. The monoisotopic (exact) mass is 362 g/mol. The minimum absolute atomic E-state index is 0.217. The van der Waals surface area contributed by atoms with Crippen molar-refractivity contribution in [1.82, 2.24) is 9.71 Å². The number of aliphatic hydroxyl groups is 1. The molecule has 0 aliphatic carbocycles. The number of ether oxygens (including phenoxy) is 1. The van der Waals surface area contributed by atoms with Gasteiger partial charge in [0.2, 0.25) is 0 Å². The van der Waals surface area contributed by atoms with Crippen molar-refractivity contribution in [2.75, 3.05) is 6.61 Å². The molecule has 0 aliphatic rings. The van der Waals surface area contributed by atoms with E-state index in [2.05, 4.69) is 9.71 Å². The van der Waals surface area contributed by atoms with Crippen LogP contribution in [0, 0.1) is 0 Å². The van der Waals surface area contributed by atoms with Crippen LogP contribution in [-0.4, -0.2) is 31.7 Å². The second kappa shape index (κ2) is 9.20. The average Bonchev–Trinajstić information content (AvgIpc) is 2.61. The summed E-state index contributed by atoms with van der Waals surface area (Å²) in [6, 6.07) is 14.6. The molecule has 1 unspecified atom stereocenters. The summed E-state index contributed by atoms with van der Waals surface area (Å²) in [5, 5.41) is 10.7. The Labute approximate surface area is 152 Å². The molecule has 0 aliphatic heterocycles. The average molecular weight is 362 g/mol. The summed E-state index contributed by atoms with van der Waals surface area (Å²) in [5.41, 5.74) is 1.57. The van der Waals surface area contributed by atoms with E-state index in [1.807, 2.05) is 57.2 Å². The van der Waals surface area contributed by atoms with E-state index >= 15 is 0 Å². The van der Waals surface area contributed by atoms with Crippen molar-refractivity contribution in [3.8, 4) is 0 Å². The second-order valence-electron chi connectivity index (χ2n) is 6.81. The molecule has 2 N–H and O–H groups in total. The molecule has 136 valence electrons. The number of hydrogen-bond acceptors (Lipinski definition) is 4. The molecule has 0 bridgehead atoms. The van der Waals surface area contributed by atoms with Crippen molar-refractivity contribution in [1.29, 1.82) is 0 Å². The summed E-state index contributed by atoms with van der Waals surface area (Å²) in [7, 11) is -1.33. The number of aromatic nitrogens is 1. The highest BCUT2D eigenvalue weighted by Crippen LogP contribution is 2.18. The van der Waals surface area contributed by atoms with Crippen LogP contribution in [0.5, 0.6) is 0 Å². The van der Waals surface area contributed by atoms with E-state index < -0.39 is 27.9 Å². The van der Waals surface area contributed by atoms with E-state index in [-0.39, 0.29) is 6.61 Å². The van der Waals surface area contributed by atoms with Crippen molar-refractivity contribution >= 4 is 11.0 Å². The fourth-order valence-electron chi connectivity index (χ4n) is 2.14. The van der Waals surface area contributed by atoms with Gasteiger partial charge in [-0.25, -0.2) is 8.93 Å². The molecule has 0 fully saturated rings. The van der Waals surface area contributed by atoms with Gasteiger partial charge in [-0.2, -0.15) is 0 Å². The molecule has 5 nitrogen and oxygen atoms in total. The first-order valence-corrected chi connectivity index (χ1v) is 9.41. The Morgan fingerprint density at radius 2 is 1.84 bits per heavy atom. The van der Waals surface area contributed by atoms with Crippen LogP contribution in [0.3, 0.4) is 0 Å². The minimum atomic E-state index is -1.33. The molecule has 0 saturated heterocycles. The number of pyridine rings is 1. The molecular weight excluding hydrogens is 336 g/mol. The number of hydrogen-bond donors (Lipinski definition) is 2. The third kappa shape index (κ3) is 6.32. The van der Waals surface area contributed by atoms with Crippen LogP contribution in [0.2, 0.25) is 0 Å². The van der Waals surface area contributed by atoms with Gasteiger partial charge in [-0.3, -0.25) is 4.98 Å². The van der Waals surface area contributed by atoms with Crippen LogP contribution in [0.4, 0.5) is 0 Å². The van der Waals surface area contributed by atoms with Crippen molar-refractivity contribution < 1.29 is 14.1 Å². The number of rotatable bonds is 8. The van der Waals surface area contributed by atoms with Gasteiger partial charge in [-0.05, 0) is 38.5 Å². The van der Waals surface area contributed by atoms with E-state index in [0.717, 1.165) is 5.56 Å². The molecule has 3 atom stereocenters. The topological polar surface area (TPSA) is 71.5 Å². The zero-order chi connectivity index (χ0) is 18.3. The quantitative estimate of drug-likeness (QED) is 0.757. The standard InChI is InChI=1S/C19H26N2O3S/c1-19(2,3)25(23)21-17(18(22)16-11-7-8-12-20-16)14-24-13-15-9-5-4-6-10-15/h4-12,17-18,21-22H,13-14H2,1-3H3/t17-,18?,25+/m0/s1. The minimum Gasteiger partial charge on any atom is -0.385 e.